The van der Waals surface area contributed by atoms with Crippen molar-refractivity contribution in [3.8, 4) is 0 Å². The van der Waals surface area contributed by atoms with E-state index in [-0.39, 0.29) is 17.7 Å². The SMILES string of the molecule is COC(=O)[C@H](NC(=O)[C@@H](Cc1ccccc1)NC(C)=O)C1CCCCC1. The molecule has 1 aliphatic rings. The van der Waals surface area contributed by atoms with Gasteiger partial charge < -0.3 is 15.4 Å². The van der Waals surface area contributed by atoms with E-state index in [1.54, 1.807) is 0 Å². The molecular weight excluding hydrogens is 332 g/mol. The summed E-state index contributed by atoms with van der Waals surface area (Å²) in [4.78, 5) is 36.6. The summed E-state index contributed by atoms with van der Waals surface area (Å²) in [6, 6.07) is 8.08. The molecule has 26 heavy (non-hydrogen) atoms. The fourth-order valence-electron chi connectivity index (χ4n) is 3.52. The molecule has 1 saturated carbocycles. The molecule has 0 saturated heterocycles. The molecule has 0 radical (unpaired) electrons. The molecule has 0 aromatic heterocycles. The van der Waals surface area contributed by atoms with Crippen molar-refractivity contribution >= 4 is 17.8 Å². The second kappa shape index (κ2) is 9.94. The second-order valence-electron chi connectivity index (χ2n) is 6.85. The van der Waals surface area contributed by atoms with Gasteiger partial charge in [-0.15, -0.1) is 0 Å². The minimum atomic E-state index is -0.731. The van der Waals surface area contributed by atoms with E-state index in [0.29, 0.717) is 6.42 Å². The van der Waals surface area contributed by atoms with Gasteiger partial charge in [-0.3, -0.25) is 9.59 Å². The van der Waals surface area contributed by atoms with Crippen LogP contribution in [0.25, 0.3) is 0 Å². The lowest BCUT2D eigenvalue weighted by Crippen LogP contribution is -2.54. The van der Waals surface area contributed by atoms with Gasteiger partial charge in [-0.25, -0.2) is 4.79 Å². The van der Waals surface area contributed by atoms with Crippen LogP contribution < -0.4 is 10.6 Å². The van der Waals surface area contributed by atoms with Gasteiger partial charge in [-0.1, -0.05) is 49.6 Å². The zero-order valence-electron chi connectivity index (χ0n) is 15.5. The highest BCUT2D eigenvalue weighted by Gasteiger charge is 2.33. The van der Waals surface area contributed by atoms with E-state index in [2.05, 4.69) is 10.6 Å². The Morgan fingerprint density at radius 1 is 1.08 bits per heavy atom. The molecule has 0 bridgehead atoms. The lowest BCUT2D eigenvalue weighted by molar-refractivity contribution is -0.147. The Bertz CT molecular complexity index is 611. The van der Waals surface area contributed by atoms with E-state index >= 15 is 0 Å². The maximum absolute atomic E-state index is 12.8. The zero-order chi connectivity index (χ0) is 18.9. The topological polar surface area (TPSA) is 84.5 Å². The van der Waals surface area contributed by atoms with Gasteiger partial charge in [-0.2, -0.15) is 0 Å². The van der Waals surface area contributed by atoms with Gasteiger partial charge in [0.1, 0.15) is 12.1 Å². The zero-order valence-corrected chi connectivity index (χ0v) is 15.5. The molecule has 1 aromatic rings. The summed E-state index contributed by atoms with van der Waals surface area (Å²) in [5.41, 5.74) is 0.939. The number of nitrogens with one attached hydrogen (secondary N) is 2. The van der Waals surface area contributed by atoms with Crippen molar-refractivity contribution in [3.63, 3.8) is 0 Å². The first-order valence-corrected chi connectivity index (χ1v) is 9.20. The van der Waals surface area contributed by atoms with Crippen LogP contribution in [0.5, 0.6) is 0 Å². The average Bonchev–Trinajstić information content (AvgIpc) is 2.66. The van der Waals surface area contributed by atoms with Gasteiger partial charge in [0.15, 0.2) is 0 Å². The molecule has 6 nitrogen and oxygen atoms in total. The van der Waals surface area contributed by atoms with Gasteiger partial charge in [0.25, 0.3) is 0 Å². The highest BCUT2D eigenvalue weighted by atomic mass is 16.5. The van der Waals surface area contributed by atoms with Crippen molar-refractivity contribution in [2.24, 2.45) is 5.92 Å². The second-order valence-corrected chi connectivity index (χ2v) is 6.85. The van der Waals surface area contributed by atoms with Crippen LogP contribution in [0.15, 0.2) is 30.3 Å². The molecule has 2 N–H and O–H groups in total. The van der Waals surface area contributed by atoms with Crippen molar-refractivity contribution < 1.29 is 19.1 Å². The fourth-order valence-corrected chi connectivity index (χ4v) is 3.52. The van der Waals surface area contributed by atoms with Crippen LogP contribution in [0.2, 0.25) is 0 Å². The number of hydrogen-bond acceptors (Lipinski definition) is 4. The van der Waals surface area contributed by atoms with Crippen molar-refractivity contribution in [1.29, 1.82) is 0 Å². The first-order chi connectivity index (χ1) is 12.5. The Labute approximate surface area is 154 Å². The van der Waals surface area contributed by atoms with Crippen LogP contribution >= 0.6 is 0 Å². The lowest BCUT2D eigenvalue weighted by Gasteiger charge is -2.30. The van der Waals surface area contributed by atoms with Crippen molar-refractivity contribution in [3.05, 3.63) is 35.9 Å². The monoisotopic (exact) mass is 360 g/mol. The van der Waals surface area contributed by atoms with Crippen LogP contribution in [0.4, 0.5) is 0 Å². The van der Waals surface area contributed by atoms with E-state index in [9.17, 15) is 14.4 Å². The molecule has 0 spiro atoms. The number of carbonyl (C=O) groups is 3. The van der Waals surface area contributed by atoms with Gasteiger partial charge in [0, 0.05) is 13.3 Å². The fraction of sp³-hybridized carbons (Fsp3) is 0.550. The number of benzene rings is 1. The Morgan fingerprint density at radius 2 is 1.73 bits per heavy atom. The molecule has 1 aromatic carbocycles. The highest BCUT2D eigenvalue weighted by Crippen LogP contribution is 2.27. The number of carbonyl (C=O) groups excluding carboxylic acids is 3. The Hall–Kier alpha value is -2.37. The summed E-state index contributed by atoms with van der Waals surface area (Å²) in [5, 5.41) is 5.53. The molecule has 2 atom stereocenters. The molecule has 0 aliphatic heterocycles. The molecular formula is C20H28N2O4. The summed E-state index contributed by atoms with van der Waals surface area (Å²) in [5.74, 6) is -0.986. The minimum absolute atomic E-state index is 0.0786. The van der Waals surface area contributed by atoms with E-state index in [0.717, 1.165) is 37.7 Å². The molecule has 1 aliphatic carbocycles. The van der Waals surface area contributed by atoms with Gasteiger partial charge >= 0.3 is 5.97 Å². The molecule has 1 fully saturated rings. The van der Waals surface area contributed by atoms with Crippen LogP contribution in [0.1, 0.15) is 44.6 Å². The largest absolute Gasteiger partial charge is 0.467 e. The van der Waals surface area contributed by atoms with Crippen molar-refractivity contribution in [1.82, 2.24) is 10.6 Å². The average molecular weight is 360 g/mol. The Morgan fingerprint density at radius 3 is 2.31 bits per heavy atom. The third-order valence-corrected chi connectivity index (χ3v) is 4.85. The maximum Gasteiger partial charge on any atom is 0.328 e. The number of hydrogen-bond donors (Lipinski definition) is 2. The van der Waals surface area contributed by atoms with Gasteiger partial charge in [0.2, 0.25) is 11.8 Å². The van der Waals surface area contributed by atoms with Gasteiger partial charge in [-0.05, 0) is 24.3 Å². The Kier molecular flexibility index (Phi) is 7.63. The third kappa shape index (κ3) is 5.86. The first kappa shape index (κ1) is 19.9. The normalized spacial score (nSPS) is 17.0. The first-order valence-electron chi connectivity index (χ1n) is 9.20. The lowest BCUT2D eigenvalue weighted by atomic mass is 9.83. The van der Waals surface area contributed by atoms with E-state index < -0.39 is 18.1 Å². The van der Waals surface area contributed by atoms with E-state index in [4.69, 9.17) is 4.74 Å². The minimum Gasteiger partial charge on any atom is -0.467 e. The highest BCUT2D eigenvalue weighted by molar-refractivity contribution is 5.90. The molecule has 2 rings (SSSR count). The summed E-state index contributed by atoms with van der Waals surface area (Å²) in [6.45, 7) is 1.38. The summed E-state index contributed by atoms with van der Waals surface area (Å²) >= 11 is 0. The summed E-state index contributed by atoms with van der Waals surface area (Å²) < 4.78 is 4.90. The molecule has 0 heterocycles. The quantitative estimate of drug-likeness (QED) is 0.728. The number of esters is 1. The maximum atomic E-state index is 12.8. The van der Waals surface area contributed by atoms with Crippen LogP contribution in [-0.2, 0) is 25.5 Å². The Balaban J connectivity index is 2.11. The number of rotatable bonds is 7. The van der Waals surface area contributed by atoms with Crippen molar-refractivity contribution in [2.75, 3.05) is 7.11 Å². The summed E-state index contributed by atoms with van der Waals surface area (Å²) in [7, 11) is 1.33. The van der Waals surface area contributed by atoms with Gasteiger partial charge in [0.05, 0.1) is 7.11 Å². The number of amides is 2. The standard InChI is InChI=1S/C20H28N2O4/c1-14(23)21-17(13-15-9-5-3-6-10-15)19(24)22-18(20(25)26-2)16-11-7-4-8-12-16/h3,5-6,9-10,16-18H,4,7-8,11-13H2,1-2H3,(H,21,23)(H,22,24)/t17-,18-/m1/s1. The van der Waals surface area contributed by atoms with Crippen LogP contribution in [-0.4, -0.2) is 37.0 Å². The molecule has 2 amide bonds. The molecule has 6 heteroatoms. The number of ether oxygens (including phenoxy) is 1. The van der Waals surface area contributed by atoms with Crippen LogP contribution in [0.3, 0.4) is 0 Å². The smallest absolute Gasteiger partial charge is 0.328 e. The predicted molar refractivity (Wildman–Crippen MR) is 98.3 cm³/mol. The number of methoxy groups -OCH3 is 1. The van der Waals surface area contributed by atoms with Crippen LogP contribution in [0, 0.1) is 5.92 Å². The third-order valence-electron chi connectivity index (χ3n) is 4.85. The predicted octanol–water partition coefficient (Wildman–Crippen LogP) is 1.97. The summed E-state index contributed by atoms with van der Waals surface area (Å²) in [6.07, 6.45) is 5.40. The van der Waals surface area contributed by atoms with E-state index in [1.807, 2.05) is 30.3 Å². The molecule has 142 valence electrons. The van der Waals surface area contributed by atoms with Crippen molar-refractivity contribution in [2.45, 2.75) is 57.5 Å². The molecule has 0 unspecified atom stereocenters. The van der Waals surface area contributed by atoms with E-state index in [1.165, 1.54) is 14.0 Å².